The van der Waals surface area contributed by atoms with Gasteiger partial charge in [-0.2, -0.15) is 0 Å². The van der Waals surface area contributed by atoms with E-state index < -0.39 is 0 Å². The minimum Gasteiger partial charge on any atom is -0.306 e. The largest absolute Gasteiger partial charge is 0.306 e. The molecule has 88 valence electrons. The average Bonchev–Trinajstić information content (AvgIpc) is 2.33. The van der Waals surface area contributed by atoms with E-state index in [9.17, 15) is 0 Å². The summed E-state index contributed by atoms with van der Waals surface area (Å²) in [5.74, 6) is 0. The molecule has 0 N–H and O–H groups in total. The summed E-state index contributed by atoms with van der Waals surface area (Å²) in [6, 6.07) is 0. The van der Waals surface area contributed by atoms with Gasteiger partial charge in [-0.25, -0.2) is 0 Å². The number of allylic oxidation sites excluding steroid dienone is 5. The molecule has 1 aliphatic carbocycles. The zero-order valence-corrected chi connectivity index (χ0v) is 10.8. The quantitative estimate of drug-likeness (QED) is 0.600. The fourth-order valence-corrected chi connectivity index (χ4v) is 2.35. The molecular formula is C15H23N. The van der Waals surface area contributed by atoms with Crippen LogP contribution in [0.1, 0.15) is 33.1 Å². The number of nitrogens with zero attached hydrogens (tertiary/aromatic N) is 1. The van der Waals surface area contributed by atoms with Crippen LogP contribution in [0.4, 0.5) is 0 Å². The Bertz CT molecular complexity index is 344. The van der Waals surface area contributed by atoms with Crippen LogP contribution in [-0.4, -0.2) is 25.0 Å². The Hall–Kier alpha value is -0.820. The van der Waals surface area contributed by atoms with Gasteiger partial charge < -0.3 is 4.90 Å². The topological polar surface area (TPSA) is 3.24 Å². The fourth-order valence-electron chi connectivity index (χ4n) is 2.35. The van der Waals surface area contributed by atoms with E-state index in [4.69, 9.17) is 0 Å². The van der Waals surface area contributed by atoms with Crippen molar-refractivity contribution in [1.82, 2.24) is 4.90 Å². The van der Waals surface area contributed by atoms with Gasteiger partial charge in [-0.3, -0.25) is 0 Å². The Morgan fingerprint density at radius 1 is 1.00 bits per heavy atom. The number of rotatable bonds is 0. The Kier molecular flexibility index (Phi) is 3.34. The molecule has 2 aliphatic rings. The lowest BCUT2D eigenvalue weighted by molar-refractivity contribution is 0.329. The van der Waals surface area contributed by atoms with Crippen LogP contribution in [0.5, 0.6) is 0 Å². The highest BCUT2D eigenvalue weighted by Crippen LogP contribution is 2.29. The maximum Gasteiger partial charge on any atom is 0.00189 e. The van der Waals surface area contributed by atoms with Gasteiger partial charge in [-0.05, 0) is 44.0 Å². The van der Waals surface area contributed by atoms with Crippen LogP contribution in [-0.2, 0) is 0 Å². The molecule has 0 aromatic carbocycles. The molecule has 0 unspecified atom stereocenters. The second-order valence-corrected chi connectivity index (χ2v) is 5.70. The van der Waals surface area contributed by atoms with Gasteiger partial charge in [0.15, 0.2) is 0 Å². The van der Waals surface area contributed by atoms with Gasteiger partial charge >= 0.3 is 0 Å². The molecule has 16 heavy (non-hydrogen) atoms. The Morgan fingerprint density at radius 3 is 2.31 bits per heavy atom. The molecule has 0 bridgehead atoms. The van der Waals surface area contributed by atoms with Crippen LogP contribution in [0, 0.1) is 5.41 Å². The Morgan fingerprint density at radius 2 is 1.62 bits per heavy atom. The third kappa shape index (κ3) is 2.85. The lowest BCUT2D eigenvalue weighted by Crippen LogP contribution is -2.23. The van der Waals surface area contributed by atoms with Crippen LogP contribution in [0.15, 0.2) is 35.5 Å². The minimum atomic E-state index is 0.215. The maximum absolute atomic E-state index is 2.44. The molecule has 0 radical (unpaired) electrons. The van der Waals surface area contributed by atoms with E-state index in [1.54, 1.807) is 11.1 Å². The van der Waals surface area contributed by atoms with E-state index in [2.05, 4.69) is 50.1 Å². The van der Waals surface area contributed by atoms with Crippen molar-refractivity contribution in [3.8, 4) is 0 Å². The first-order valence-electron chi connectivity index (χ1n) is 6.36. The van der Waals surface area contributed by atoms with E-state index in [-0.39, 0.29) is 5.41 Å². The molecule has 0 aromatic rings. The van der Waals surface area contributed by atoms with E-state index in [0.717, 1.165) is 0 Å². The molecule has 0 fully saturated rings. The van der Waals surface area contributed by atoms with Crippen LogP contribution in [0.25, 0.3) is 0 Å². The monoisotopic (exact) mass is 217 g/mol. The van der Waals surface area contributed by atoms with E-state index in [1.807, 2.05) is 0 Å². The number of hydrogen-bond donors (Lipinski definition) is 0. The molecule has 0 amide bonds. The standard InChI is InChI=1S/C15H23N/c1-15(2)9-6-13-5-4-11-16(3)12-8-14(13)7-10-15/h6-7,9-10H,4-5,8,11-12H2,1-3H3. The molecule has 1 nitrogen and oxygen atoms in total. The first-order chi connectivity index (χ1) is 7.57. The van der Waals surface area contributed by atoms with Crippen molar-refractivity contribution in [1.29, 1.82) is 0 Å². The zero-order valence-electron chi connectivity index (χ0n) is 10.8. The maximum atomic E-state index is 2.44. The summed E-state index contributed by atoms with van der Waals surface area (Å²) >= 11 is 0. The van der Waals surface area contributed by atoms with Gasteiger partial charge in [-0.15, -0.1) is 0 Å². The van der Waals surface area contributed by atoms with Crippen molar-refractivity contribution >= 4 is 0 Å². The average molecular weight is 217 g/mol. The summed E-state index contributed by atoms with van der Waals surface area (Å²) in [5, 5.41) is 0. The van der Waals surface area contributed by atoms with Crippen molar-refractivity contribution < 1.29 is 0 Å². The second-order valence-electron chi connectivity index (χ2n) is 5.70. The Labute approximate surface area is 99.5 Å². The van der Waals surface area contributed by atoms with Gasteiger partial charge in [0.1, 0.15) is 0 Å². The fraction of sp³-hybridized carbons (Fsp3) is 0.600. The molecular weight excluding hydrogens is 194 g/mol. The number of hydrogen-bond acceptors (Lipinski definition) is 1. The first kappa shape index (κ1) is 11.7. The molecule has 0 aromatic heterocycles. The minimum absolute atomic E-state index is 0.215. The Balaban J connectivity index is 2.23. The lowest BCUT2D eigenvalue weighted by atomic mass is 9.93. The third-order valence-corrected chi connectivity index (χ3v) is 3.59. The SMILES string of the molecule is CN1CCCC2=C(C=CC(C)(C)C=C2)CC1. The van der Waals surface area contributed by atoms with Crippen LogP contribution in [0.3, 0.4) is 0 Å². The van der Waals surface area contributed by atoms with E-state index >= 15 is 0 Å². The van der Waals surface area contributed by atoms with Crippen LogP contribution < -0.4 is 0 Å². The summed E-state index contributed by atoms with van der Waals surface area (Å²) in [6.45, 7) is 6.97. The van der Waals surface area contributed by atoms with Crippen molar-refractivity contribution in [2.24, 2.45) is 5.41 Å². The van der Waals surface area contributed by atoms with Gasteiger partial charge in [0.05, 0.1) is 0 Å². The van der Waals surface area contributed by atoms with Crippen molar-refractivity contribution in [2.75, 3.05) is 20.1 Å². The summed E-state index contributed by atoms with van der Waals surface area (Å²) in [4.78, 5) is 2.44. The molecule has 1 heteroatoms. The summed E-state index contributed by atoms with van der Waals surface area (Å²) in [5.41, 5.74) is 3.33. The molecule has 0 spiro atoms. The van der Waals surface area contributed by atoms with Gasteiger partial charge in [0, 0.05) is 12.0 Å². The zero-order chi connectivity index (χ0) is 11.6. The highest BCUT2D eigenvalue weighted by atomic mass is 15.1. The van der Waals surface area contributed by atoms with Crippen molar-refractivity contribution in [3.05, 3.63) is 35.5 Å². The second kappa shape index (κ2) is 4.58. The smallest absolute Gasteiger partial charge is 0.00189 e. The summed E-state index contributed by atoms with van der Waals surface area (Å²) < 4.78 is 0. The lowest BCUT2D eigenvalue weighted by Gasteiger charge is -2.21. The molecule has 1 aliphatic heterocycles. The van der Waals surface area contributed by atoms with Gasteiger partial charge in [-0.1, -0.05) is 38.2 Å². The van der Waals surface area contributed by atoms with Crippen LogP contribution in [0.2, 0.25) is 0 Å². The molecule has 0 saturated heterocycles. The van der Waals surface area contributed by atoms with Gasteiger partial charge in [0.25, 0.3) is 0 Å². The summed E-state index contributed by atoms with van der Waals surface area (Å²) in [7, 11) is 2.23. The van der Waals surface area contributed by atoms with Crippen molar-refractivity contribution in [3.63, 3.8) is 0 Å². The third-order valence-electron chi connectivity index (χ3n) is 3.59. The highest BCUT2D eigenvalue weighted by molar-refractivity contribution is 5.38. The highest BCUT2D eigenvalue weighted by Gasteiger charge is 2.15. The first-order valence-corrected chi connectivity index (χ1v) is 6.36. The van der Waals surface area contributed by atoms with Crippen molar-refractivity contribution in [2.45, 2.75) is 33.1 Å². The van der Waals surface area contributed by atoms with Gasteiger partial charge in [0.2, 0.25) is 0 Å². The normalized spacial score (nSPS) is 25.9. The van der Waals surface area contributed by atoms with E-state index in [1.165, 1.54) is 32.4 Å². The summed E-state index contributed by atoms with van der Waals surface area (Å²) in [6.07, 6.45) is 13.1. The van der Waals surface area contributed by atoms with Crippen LogP contribution >= 0.6 is 0 Å². The predicted octanol–water partition coefficient (Wildman–Crippen LogP) is 3.55. The van der Waals surface area contributed by atoms with E-state index in [0.29, 0.717) is 0 Å². The molecule has 0 atom stereocenters. The molecule has 2 rings (SSSR count). The molecule has 1 heterocycles. The predicted molar refractivity (Wildman–Crippen MR) is 70.4 cm³/mol. The molecule has 0 saturated carbocycles.